The third-order valence-electron chi connectivity index (χ3n) is 3.77. The smallest absolute Gasteiger partial charge is 0.0107 e. The van der Waals surface area contributed by atoms with Gasteiger partial charge in [0.1, 0.15) is 0 Å². The lowest BCUT2D eigenvalue weighted by Crippen LogP contribution is -2.45. The summed E-state index contributed by atoms with van der Waals surface area (Å²) in [4.78, 5) is 2.65. The normalized spacial score (nSPS) is 35.8. The highest BCUT2D eigenvalue weighted by atomic mass is 15.2. The van der Waals surface area contributed by atoms with Gasteiger partial charge in [-0.05, 0) is 24.7 Å². The van der Waals surface area contributed by atoms with Gasteiger partial charge in [0.25, 0.3) is 0 Å². The molecule has 14 heavy (non-hydrogen) atoms. The molecule has 0 aromatic rings. The fourth-order valence-electron chi connectivity index (χ4n) is 2.98. The minimum atomic E-state index is 0.983. The molecule has 2 nitrogen and oxygen atoms in total. The van der Waals surface area contributed by atoms with E-state index < -0.39 is 0 Å². The maximum atomic E-state index is 3.42. The van der Waals surface area contributed by atoms with Crippen molar-refractivity contribution in [2.24, 2.45) is 11.8 Å². The van der Waals surface area contributed by atoms with Crippen molar-refractivity contribution in [1.82, 2.24) is 10.2 Å². The van der Waals surface area contributed by atoms with Crippen LogP contribution in [0.25, 0.3) is 0 Å². The van der Waals surface area contributed by atoms with Gasteiger partial charge in [0, 0.05) is 32.7 Å². The Bertz CT molecular complexity index is 164. The first-order valence-electron chi connectivity index (χ1n) is 6.27. The zero-order chi connectivity index (χ0) is 9.80. The van der Waals surface area contributed by atoms with Crippen molar-refractivity contribution in [2.45, 2.75) is 32.6 Å². The largest absolute Gasteiger partial charge is 0.314 e. The lowest BCUT2D eigenvalue weighted by atomic mass is 9.82. The number of piperazine rings is 1. The van der Waals surface area contributed by atoms with Crippen molar-refractivity contribution in [1.29, 1.82) is 0 Å². The van der Waals surface area contributed by atoms with Gasteiger partial charge in [-0.15, -0.1) is 0 Å². The first kappa shape index (κ1) is 10.4. The molecule has 2 atom stereocenters. The van der Waals surface area contributed by atoms with Crippen LogP contribution in [-0.2, 0) is 0 Å². The zero-order valence-electron chi connectivity index (χ0n) is 9.47. The van der Waals surface area contributed by atoms with E-state index in [9.17, 15) is 0 Å². The van der Waals surface area contributed by atoms with E-state index in [0.717, 1.165) is 11.8 Å². The van der Waals surface area contributed by atoms with Gasteiger partial charge in [0.2, 0.25) is 0 Å². The second-order valence-corrected chi connectivity index (χ2v) is 5.19. The molecular weight excluding hydrogens is 172 g/mol. The first-order valence-corrected chi connectivity index (χ1v) is 6.27. The maximum absolute atomic E-state index is 3.42. The molecule has 0 spiro atoms. The average Bonchev–Trinajstić information content (AvgIpc) is 2.19. The predicted octanol–water partition coefficient (Wildman–Crippen LogP) is 1.72. The van der Waals surface area contributed by atoms with Gasteiger partial charge in [0.05, 0.1) is 0 Å². The van der Waals surface area contributed by atoms with E-state index in [1.165, 1.54) is 58.4 Å². The second kappa shape index (κ2) is 5.13. The minimum absolute atomic E-state index is 0.983. The highest BCUT2D eigenvalue weighted by Crippen LogP contribution is 2.29. The Morgan fingerprint density at radius 1 is 1.21 bits per heavy atom. The number of nitrogens with zero attached hydrogens (tertiary/aromatic N) is 1. The molecule has 0 aromatic heterocycles. The van der Waals surface area contributed by atoms with E-state index >= 15 is 0 Å². The van der Waals surface area contributed by atoms with E-state index in [-0.39, 0.29) is 0 Å². The Kier molecular flexibility index (Phi) is 3.82. The molecule has 82 valence electrons. The van der Waals surface area contributed by atoms with Crippen molar-refractivity contribution in [3.63, 3.8) is 0 Å². The van der Waals surface area contributed by atoms with Gasteiger partial charge < -0.3 is 10.2 Å². The van der Waals surface area contributed by atoms with Crippen LogP contribution in [-0.4, -0.2) is 37.6 Å². The summed E-state index contributed by atoms with van der Waals surface area (Å²) in [5, 5.41) is 3.42. The Hall–Kier alpha value is -0.0800. The van der Waals surface area contributed by atoms with Crippen LogP contribution < -0.4 is 5.32 Å². The summed E-state index contributed by atoms with van der Waals surface area (Å²) in [7, 11) is 0. The van der Waals surface area contributed by atoms with E-state index in [0.29, 0.717) is 0 Å². The quantitative estimate of drug-likeness (QED) is 0.723. The van der Waals surface area contributed by atoms with E-state index in [1.54, 1.807) is 0 Å². The summed E-state index contributed by atoms with van der Waals surface area (Å²) in [6.45, 7) is 8.72. The van der Waals surface area contributed by atoms with Gasteiger partial charge in [-0.3, -0.25) is 0 Å². The molecule has 1 saturated heterocycles. The Balaban J connectivity index is 1.72. The highest BCUT2D eigenvalue weighted by Gasteiger charge is 2.21. The van der Waals surface area contributed by atoms with E-state index in [4.69, 9.17) is 0 Å². The topological polar surface area (TPSA) is 15.3 Å². The second-order valence-electron chi connectivity index (χ2n) is 5.19. The molecule has 0 bridgehead atoms. The molecule has 2 rings (SSSR count). The van der Waals surface area contributed by atoms with E-state index in [1.807, 2.05) is 0 Å². The molecular formula is C12H24N2. The summed E-state index contributed by atoms with van der Waals surface area (Å²) < 4.78 is 0. The first-order chi connectivity index (χ1) is 6.84. The minimum Gasteiger partial charge on any atom is -0.314 e. The summed E-state index contributed by atoms with van der Waals surface area (Å²) >= 11 is 0. The lowest BCUT2D eigenvalue weighted by Gasteiger charge is -2.34. The fraction of sp³-hybridized carbons (Fsp3) is 1.00. The number of nitrogens with one attached hydrogen (secondary N) is 1. The van der Waals surface area contributed by atoms with Crippen LogP contribution >= 0.6 is 0 Å². The summed E-state index contributed by atoms with van der Waals surface area (Å²) in [5.74, 6) is 1.98. The van der Waals surface area contributed by atoms with Crippen LogP contribution in [0.3, 0.4) is 0 Å². The number of hydrogen-bond donors (Lipinski definition) is 1. The van der Waals surface area contributed by atoms with Crippen LogP contribution in [0.1, 0.15) is 32.6 Å². The number of rotatable bonds is 2. The predicted molar refractivity (Wildman–Crippen MR) is 60.4 cm³/mol. The summed E-state index contributed by atoms with van der Waals surface area (Å²) in [5.41, 5.74) is 0. The van der Waals surface area contributed by atoms with Crippen molar-refractivity contribution >= 4 is 0 Å². The molecule has 1 saturated carbocycles. The molecule has 2 heteroatoms. The van der Waals surface area contributed by atoms with Crippen LogP contribution in [0, 0.1) is 11.8 Å². The molecule has 1 aliphatic carbocycles. The zero-order valence-corrected chi connectivity index (χ0v) is 9.47. The standard InChI is InChI=1S/C12H24N2/c1-11-3-2-4-12(9-11)10-14-7-5-13-6-8-14/h11-13H,2-10H2,1H3. The molecule has 1 heterocycles. The van der Waals surface area contributed by atoms with Crippen LogP contribution in [0.5, 0.6) is 0 Å². The molecule has 0 amide bonds. The summed E-state index contributed by atoms with van der Waals surface area (Å²) in [6.07, 6.45) is 5.90. The molecule has 0 radical (unpaired) electrons. The average molecular weight is 196 g/mol. The molecule has 1 aliphatic heterocycles. The third-order valence-corrected chi connectivity index (χ3v) is 3.77. The molecule has 2 aliphatic rings. The van der Waals surface area contributed by atoms with Crippen LogP contribution in [0.4, 0.5) is 0 Å². The maximum Gasteiger partial charge on any atom is 0.0107 e. The SMILES string of the molecule is CC1CCCC(CN2CCNCC2)C1. The Morgan fingerprint density at radius 3 is 2.71 bits per heavy atom. The Labute approximate surface area is 88.1 Å². The summed E-state index contributed by atoms with van der Waals surface area (Å²) in [6, 6.07) is 0. The van der Waals surface area contributed by atoms with Crippen molar-refractivity contribution < 1.29 is 0 Å². The van der Waals surface area contributed by atoms with Gasteiger partial charge in [-0.2, -0.15) is 0 Å². The van der Waals surface area contributed by atoms with Gasteiger partial charge in [0.15, 0.2) is 0 Å². The van der Waals surface area contributed by atoms with Crippen molar-refractivity contribution in [3.05, 3.63) is 0 Å². The van der Waals surface area contributed by atoms with Crippen molar-refractivity contribution in [2.75, 3.05) is 32.7 Å². The Morgan fingerprint density at radius 2 is 2.00 bits per heavy atom. The molecule has 1 N–H and O–H groups in total. The lowest BCUT2D eigenvalue weighted by molar-refractivity contribution is 0.165. The molecule has 0 aromatic carbocycles. The van der Waals surface area contributed by atoms with Gasteiger partial charge >= 0.3 is 0 Å². The monoisotopic (exact) mass is 196 g/mol. The molecule has 2 unspecified atom stereocenters. The van der Waals surface area contributed by atoms with E-state index in [2.05, 4.69) is 17.1 Å². The highest BCUT2D eigenvalue weighted by molar-refractivity contribution is 4.76. The molecule has 2 fully saturated rings. The van der Waals surface area contributed by atoms with Crippen LogP contribution in [0.15, 0.2) is 0 Å². The number of hydrogen-bond acceptors (Lipinski definition) is 2. The third kappa shape index (κ3) is 2.96. The fourth-order valence-corrected chi connectivity index (χ4v) is 2.98. The van der Waals surface area contributed by atoms with Crippen molar-refractivity contribution in [3.8, 4) is 0 Å². The van der Waals surface area contributed by atoms with Gasteiger partial charge in [-0.1, -0.05) is 19.8 Å². The van der Waals surface area contributed by atoms with Gasteiger partial charge in [-0.25, -0.2) is 0 Å². The van der Waals surface area contributed by atoms with Crippen LogP contribution in [0.2, 0.25) is 0 Å².